The molecule has 0 bridgehead atoms. The fourth-order valence-corrected chi connectivity index (χ4v) is 8.17. The van der Waals surface area contributed by atoms with E-state index in [-0.39, 0.29) is 24.2 Å². The Morgan fingerprint density at radius 3 is 1.35 bits per heavy atom. The van der Waals surface area contributed by atoms with Crippen LogP contribution >= 0.6 is 0 Å². The summed E-state index contributed by atoms with van der Waals surface area (Å²) in [6.07, 6.45) is 0. The second-order valence-electron chi connectivity index (χ2n) is 13.1. The van der Waals surface area contributed by atoms with E-state index in [0.717, 1.165) is 71.9 Å². The molecule has 3 nitrogen and oxygen atoms in total. The summed E-state index contributed by atoms with van der Waals surface area (Å²) in [5, 5.41) is 6.01. The summed E-state index contributed by atoms with van der Waals surface area (Å²) in [5.74, 6) is 0. The summed E-state index contributed by atoms with van der Waals surface area (Å²) in [5.41, 5.74) is 10.6. The molecule has 0 aliphatic rings. The van der Waals surface area contributed by atoms with Gasteiger partial charge < -0.3 is 13.7 Å². The maximum absolute atomic E-state index is 9.14. The molecule has 238 valence electrons. The largest absolute Gasteiger partial charge is 0.309 e. The van der Waals surface area contributed by atoms with Crippen LogP contribution in [0.2, 0.25) is 0 Å². The average molecular weight is 654 g/mol. The third-order valence-corrected chi connectivity index (χ3v) is 10.3. The van der Waals surface area contributed by atoms with Crippen molar-refractivity contribution in [1.29, 1.82) is 0 Å². The lowest BCUT2D eigenvalue weighted by molar-refractivity contribution is 1.13. The van der Waals surface area contributed by atoms with Crippen molar-refractivity contribution in [2.24, 2.45) is 0 Å². The SMILES string of the molecule is [2H]c1c([2H])c([2H])c2c(c1[2H])c1ccccc1n2-c1cc(-c2ccccc2)cc(-n2c3ccccc3c3cc(-n4c5ccccc5c5ccccc54)ccc32)c1. The quantitative estimate of drug-likeness (QED) is 0.180. The van der Waals surface area contributed by atoms with Crippen LogP contribution in [0.15, 0.2) is 188 Å². The zero-order valence-electron chi connectivity index (χ0n) is 31.4. The van der Waals surface area contributed by atoms with Crippen LogP contribution in [0.3, 0.4) is 0 Å². The molecule has 11 aromatic rings. The van der Waals surface area contributed by atoms with Gasteiger partial charge in [-0.25, -0.2) is 0 Å². The zero-order chi connectivity index (χ0) is 36.9. The Bertz CT molecular complexity index is 3320. The second kappa shape index (κ2) is 10.8. The summed E-state index contributed by atoms with van der Waals surface area (Å²) in [4.78, 5) is 0. The Morgan fingerprint density at radius 1 is 0.294 bits per heavy atom. The van der Waals surface area contributed by atoms with Crippen LogP contribution < -0.4 is 0 Å². The molecule has 0 N–H and O–H groups in total. The smallest absolute Gasteiger partial charge is 0.0645 e. The predicted octanol–water partition coefficient (Wildman–Crippen LogP) is 12.6. The van der Waals surface area contributed by atoms with E-state index in [4.69, 9.17) is 5.48 Å². The van der Waals surface area contributed by atoms with Crippen LogP contribution in [-0.4, -0.2) is 13.7 Å². The zero-order valence-corrected chi connectivity index (χ0v) is 27.4. The van der Waals surface area contributed by atoms with E-state index in [1.165, 1.54) is 10.8 Å². The number of hydrogen-bond donors (Lipinski definition) is 0. The van der Waals surface area contributed by atoms with Gasteiger partial charge in [-0.3, -0.25) is 0 Å². The van der Waals surface area contributed by atoms with Crippen molar-refractivity contribution in [3.05, 3.63) is 188 Å². The Labute approximate surface area is 300 Å². The van der Waals surface area contributed by atoms with E-state index in [1.54, 1.807) is 0 Å². The molecule has 3 heteroatoms. The summed E-state index contributed by atoms with van der Waals surface area (Å²) in [6.45, 7) is 0. The molecular formula is C48H31N3. The highest BCUT2D eigenvalue weighted by atomic mass is 15.0. The van der Waals surface area contributed by atoms with Crippen LogP contribution in [0.5, 0.6) is 0 Å². The lowest BCUT2D eigenvalue weighted by atomic mass is 10.0. The Kier molecular flexibility index (Phi) is 5.16. The van der Waals surface area contributed by atoms with Gasteiger partial charge in [0.25, 0.3) is 0 Å². The fraction of sp³-hybridized carbons (Fsp3) is 0. The fourth-order valence-electron chi connectivity index (χ4n) is 8.17. The van der Waals surface area contributed by atoms with Gasteiger partial charge in [0.05, 0.1) is 38.6 Å². The maximum atomic E-state index is 9.14. The van der Waals surface area contributed by atoms with Gasteiger partial charge in [-0.2, -0.15) is 0 Å². The van der Waals surface area contributed by atoms with E-state index >= 15 is 0 Å². The Hall–Kier alpha value is -6.84. The molecule has 0 spiro atoms. The van der Waals surface area contributed by atoms with E-state index in [1.807, 2.05) is 47.0 Å². The van der Waals surface area contributed by atoms with E-state index in [9.17, 15) is 0 Å². The number of hydrogen-bond acceptors (Lipinski definition) is 0. The molecule has 3 heterocycles. The van der Waals surface area contributed by atoms with Gasteiger partial charge in [0.1, 0.15) is 0 Å². The first-order valence-electron chi connectivity index (χ1n) is 19.2. The van der Waals surface area contributed by atoms with Gasteiger partial charge in [0.15, 0.2) is 0 Å². The molecule has 8 aromatic carbocycles. The third kappa shape index (κ3) is 4.12. The Morgan fingerprint density at radius 2 is 0.745 bits per heavy atom. The standard InChI is InChI=1S/C48H31N3/c1-2-14-32(15-3-1)33-28-35(50-45-23-11-6-18-39(45)40-19-7-12-24-46(40)50)30-36(29-33)51-47-25-13-8-20-41(47)42-31-34(26-27-48(42)51)49-43-21-9-4-16-37(43)38-17-5-10-22-44(38)49/h1-31H/i6D,11D,18D,23D. The van der Waals surface area contributed by atoms with Crippen molar-refractivity contribution in [3.8, 4) is 28.2 Å². The van der Waals surface area contributed by atoms with Gasteiger partial charge in [-0.05, 0) is 77.8 Å². The molecule has 0 saturated carbocycles. The first-order valence-corrected chi connectivity index (χ1v) is 17.2. The summed E-state index contributed by atoms with van der Waals surface area (Å²) in [7, 11) is 0. The van der Waals surface area contributed by atoms with Gasteiger partial charge in [-0.1, -0.05) is 121 Å². The molecule has 0 amide bonds. The van der Waals surface area contributed by atoms with Crippen LogP contribution in [-0.2, 0) is 0 Å². The number of fused-ring (bicyclic) bond motifs is 9. The molecule has 0 radical (unpaired) electrons. The van der Waals surface area contributed by atoms with Crippen molar-refractivity contribution in [2.45, 2.75) is 0 Å². The van der Waals surface area contributed by atoms with E-state index in [2.05, 4.69) is 130 Å². The average Bonchev–Trinajstić information content (AvgIpc) is 3.88. The minimum absolute atomic E-state index is 0.0353. The second-order valence-corrected chi connectivity index (χ2v) is 13.1. The highest BCUT2D eigenvalue weighted by Crippen LogP contribution is 2.39. The van der Waals surface area contributed by atoms with Crippen LogP contribution in [0.1, 0.15) is 5.48 Å². The first kappa shape index (κ1) is 24.3. The summed E-state index contributed by atoms with van der Waals surface area (Å²) < 4.78 is 41.9. The maximum Gasteiger partial charge on any atom is 0.0645 e. The number of aromatic nitrogens is 3. The van der Waals surface area contributed by atoms with Gasteiger partial charge >= 0.3 is 0 Å². The molecule has 0 aliphatic heterocycles. The predicted molar refractivity (Wildman–Crippen MR) is 215 cm³/mol. The molecule has 0 atom stereocenters. The lowest BCUT2D eigenvalue weighted by Crippen LogP contribution is -2.00. The highest BCUT2D eigenvalue weighted by molar-refractivity contribution is 6.13. The third-order valence-electron chi connectivity index (χ3n) is 10.3. The van der Waals surface area contributed by atoms with Gasteiger partial charge in [0.2, 0.25) is 0 Å². The number of benzene rings is 8. The lowest BCUT2D eigenvalue weighted by Gasteiger charge is -2.16. The van der Waals surface area contributed by atoms with Crippen molar-refractivity contribution >= 4 is 65.4 Å². The van der Waals surface area contributed by atoms with Crippen molar-refractivity contribution in [2.75, 3.05) is 0 Å². The molecule has 11 rings (SSSR count). The van der Waals surface area contributed by atoms with Crippen molar-refractivity contribution in [3.63, 3.8) is 0 Å². The molecule has 51 heavy (non-hydrogen) atoms. The minimum Gasteiger partial charge on any atom is -0.309 e. The molecular weight excluding hydrogens is 619 g/mol. The highest BCUT2D eigenvalue weighted by Gasteiger charge is 2.19. The molecule has 3 aromatic heterocycles. The van der Waals surface area contributed by atoms with Gasteiger partial charge in [-0.15, -0.1) is 0 Å². The normalized spacial score (nSPS) is 13.0. The molecule has 0 aliphatic carbocycles. The van der Waals surface area contributed by atoms with E-state index in [0.29, 0.717) is 10.9 Å². The first-order chi connectivity index (χ1) is 27.0. The van der Waals surface area contributed by atoms with Crippen LogP contribution in [0, 0.1) is 0 Å². The summed E-state index contributed by atoms with van der Waals surface area (Å²) in [6, 6.07) is 56.4. The molecule has 0 saturated heterocycles. The number of nitrogens with zero attached hydrogens (tertiary/aromatic N) is 3. The van der Waals surface area contributed by atoms with Crippen LogP contribution in [0.4, 0.5) is 0 Å². The molecule has 0 unspecified atom stereocenters. The number of para-hydroxylation sites is 5. The summed E-state index contributed by atoms with van der Waals surface area (Å²) >= 11 is 0. The topological polar surface area (TPSA) is 14.8 Å². The molecule has 0 fully saturated rings. The minimum atomic E-state index is -0.248. The van der Waals surface area contributed by atoms with Crippen LogP contribution in [0.25, 0.3) is 93.6 Å². The Balaban J connectivity index is 1.22. The van der Waals surface area contributed by atoms with Gasteiger partial charge in [0, 0.05) is 49.4 Å². The number of rotatable bonds is 4. The van der Waals surface area contributed by atoms with Crippen molar-refractivity contribution in [1.82, 2.24) is 13.7 Å². The van der Waals surface area contributed by atoms with Crippen molar-refractivity contribution < 1.29 is 5.48 Å². The van der Waals surface area contributed by atoms with E-state index < -0.39 is 0 Å². The monoisotopic (exact) mass is 653 g/mol.